The number of hydrogen-bond donors (Lipinski definition) is 1. The standard InChI is InChI=1S/C21H26N2O5/c1-3-14-8-6-7-11-22(14)21(28)18(13(2)12-17(24)25)23-19(26)15-9-4-5-10-16(15)20(23)27/h4-5,9-10,13-14,18H,3,6-8,11-12H2,1-2H3,(H,24,25). The van der Waals surface area contributed by atoms with E-state index in [1.165, 1.54) is 0 Å². The van der Waals surface area contributed by atoms with Crippen LogP contribution < -0.4 is 0 Å². The van der Waals surface area contributed by atoms with Crippen molar-refractivity contribution in [2.75, 3.05) is 6.54 Å². The fourth-order valence-corrected chi connectivity index (χ4v) is 4.34. The number of imide groups is 1. The summed E-state index contributed by atoms with van der Waals surface area (Å²) in [6.07, 6.45) is 3.27. The zero-order chi connectivity index (χ0) is 20.4. The average molecular weight is 386 g/mol. The largest absolute Gasteiger partial charge is 0.481 e. The number of hydrogen-bond acceptors (Lipinski definition) is 4. The van der Waals surface area contributed by atoms with Crippen molar-refractivity contribution in [3.63, 3.8) is 0 Å². The van der Waals surface area contributed by atoms with Gasteiger partial charge in [-0.25, -0.2) is 0 Å². The summed E-state index contributed by atoms with van der Waals surface area (Å²) in [5, 5.41) is 9.26. The number of carboxylic acid groups (broad SMARTS) is 1. The molecule has 7 nitrogen and oxygen atoms in total. The quantitative estimate of drug-likeness (QED) is 0.758. The molecule has 0 saturated carbocycles. The van der Waals surface area contributed by atoms with Gasteiger partial charge in [0.05, 0.1) is 17.5 Å². The normalized spacial score (nSPS) is 21.4. The van der Waals surface area contributed by atoms with Crippen molar-refractivity contribution in [1.82, 2.24) is 9.80 Å². The highest BCUT2D eigenvalue weighted by Gasteiger charge is 2.47. The maximum absolute atomic E-state index is 13.5. The molecule has 0 radical (unpaired) electrons. The first kappa shape index (κ1) is 20.0. The molecule has 7 heteroatoms. The molecule has 1 N–H and O–H groups in total. The van der Waals surface area contributed by atoms with Crippen molar-refractivity contribution in [2.24, 2.45) is 5.92 Å². The zero-order valence-electron chi connectivity index (χ0n) is 16.3. The second-order valence-electron chi connectivity index (χ2n) is 7.64. The minimum atomic E-state index is -1.12. The molecular weight excluding hydrogens is 360 g/mol. The first-order valence-electron chi connectivity index (χ1n) is 9.86. The molecule has 28 heavy (non-hydrogen) atoms. The molecule has 3 amide bonds. The van der Waals surface area contributed by atoms with E-state index in [1.54, 1.807) is 36.1 Å². The van der Waals surface area contributed by atoms with Gasteiger partial charge in [-0.15, -0.1) is 0 Å². The molecule has 0 aliphatic carbocycles. The third kappa shape index (κ3) is 3.53. The predicted octanol–water partition coefficient (Wildman–Crippen LogP) is 2.55. The van der Waals surface area contributed by atoms with E-state index in [2.05, 4.69) is 0 Å². The molecule has 3 rings (SSSR count). The summed E-state index contributed by atoms with van der Waals surface area (Å²) in [6, 6.07) is 5.40. The van der Waals surface area contributed by atoms with E-state index >= 15 is 0 Å². The number of likely N-dealkylation sites (tertiary alicyclic amines) is 1. The van der Waals surface area contributed by atoms with Gasteiger partial charge in [0.1, 0.15) is 6.04 Å². The third-order valence-corrected chi connectivity index (χ3v) is 5.77. The van der Waals surface area contributed by atoms with Crippen molar-refractivity contribution in [1.29, 1.82) is 0 Å². The highest BCUT2D eigenvalue weighted by Crippen LogP contribution is 2.31. The van der Waals surface area contributed by atoms with Gasteiger partial charge in [0.25, 0.3) is 11.8 Å². The molecule has 0 bridgehead atoms. The van der Waals surface area contributed by atoms with Crippen molar-refractivity contribution in [3.05, 3.63) is 35.4 Å². The van der Waals surface area contributed by atoms with Crippen LogP contribution in [0.1, 0.15) is 66.7 Å². The summed E-state index contributed by atoms with van der Waals surface area (Å²) in [5.41, 5.74) is 0.525. The van der Waals surface area contributed by atoms with E-state index in [0.29, 0.717) is 6.54 Å². The van der Waals surface area contributed by atoms with Gasteiger partial charge >= 0.3 is 5.97 Å². The number of nitrogens with zero attached hydrogens (tertiary/aromatic N) is 2. The van der Waals surface area contributed by atoms with E-state index in [0.717, 1.165) is 30.6 Å². The van der Waals surface area contributed by atoms with Crippen LogP contribution >= 0.6 is 0 Å². The molecule has 1 aromatic rings. The SMILES string of the molecule is CCC1CCCCN1C(=O)C(C(C)CC(=O)O)N1C(=O)c2ccccc2C1=O. The number of aliphatic carboxylic acids is 1. The molecule has 2 aliphatic heterocycles. The van der Waals surface area contributed by atoms with Crippen molar-refractivity contribution >= 4 is 23.7 Å². The number of amides is 3. The Balaban J connectivity index is 1.98. The predicted molar refractivity (Wildman–Crippen MR) is 102 cm³/mol. The van der Waals surface area contributed by atoms with Gasteiger partial charge in [-0.3, -0.25) is 24.1 Å². The van der Waals surface area contributed by atoms with Crippen LogP contribution in [0.5, 0.6) is 0 Å². The zero-order valence-corrected chi connectivity index (χ0v) is 16.3. The minimum Gasteiger partial charge on any atom is -0.481 e. The Hall–Kier alpha value is -2.70. The lowest BCUT2D eigenvalue weighted by Gasteiger charge is -2.40. The maximum Gasteiger partial charge on any atom is 0.303 e. The molecule has 2 heterocycles. The monoisotopic (exact) mass is 386 g/mol. The van der Waals surface area contributed by atoms with E-state index < -0.39 is 29.7 Å². The number of piperidine rings is 1. The summed E-state index contributed by atoms with van der Waals surface area (Å²) in [4.78, 5) is 53.5. The van der Waals surface area contributed by atoms with E-state index in [4.69, 9.17) is 0 Å². The Morgan fingerprint density at radius 1 is 1.14 bits per heavy atom. The van der Waals surface area contributed by atoms with Crippen LogP contribution in [0.4, 0.5) is 0 Å². The molecule has 2 aliphatic rings. The van der Waals surface area contributed by atoms with Crippen molar-refractivity contribution in [3.8, 4) is 0 Å². The van der Waals surface area contributed by atoms with E-state index in [-0.39, 0.29) is 29.5 Å². The van der Waals surface area contributed by atoms with Gasteiger partial charge in [-0.1, -0.05) is 26.0 Å². The van der Waals surface area contributed by atoms with Crippen molar-refractivity contribution < 1.29 is 24.3 Å². The topological polar surface area (TPSA) is 95.0 Å². The number of benzene rings is 1. The Morgan fingerprint density at radius 3 is 2.29 bits per heavy atom. The maximum atomic E-state index is 13.5. The van der Waals surface area contributed by atoms with E-state index in [1.807, 2.05) is 6.92 Å². The molecular formula is C21H26N2O5. The third-order valence-electron chi connectivity index (χ3n) is 5.77. The van der Waals surface area contributed by atoms with Crippen LogP contribution in [0, 0.1) is 5.92 Å². The Kier molecular flexibility index (Phi) is 5.82. The van der Waals surface area contributed by atoms with Gasteiger partial charge in [-0.05, 0) is 43.7 Å². The summed E-state index contributed by atoms with van der Waals surface area (Å²) >= 11 is 0. The average Bonchev–Trinajstić information content (AvgIpc) is 2.93. The minimum absolute atomic E-state index is 0.0518. The summed E-state index contributed by atoms with van der Waals surface area (Å²) < 4.78 is 0. The lowest BCUT2D eigenvalue weighted by molar-refractivity contribution is -0.143. The molecule has 1 aromatic carbocycles. The molecule has 3 unspecified atom stereocenters. The second kappa shape index (κ2) is 8.12. The van der Waals surface area contributed by atoms with Crippen LogP contribution in [0.15, 0.2) is 24.3 Å². The molecule has 1 fully saturated rings. The van der Waals surface area contributed by atoms with Crippen LogP contribution in [0.3, 0.4) is 0 Å². The number of fused-ring (bicyclic) bond motifs is 1. The number of carbonyl (C=O) groups excluding carboxylic acids is 3. The summed E-state index contributed by atoms with van der Waals surface area (Å²) in [6.45, 7) is 4.19. The first-order chi connectivity index (χ1) is 13.4. The Morgan fingerprint density at radius 2 is 1.75 bits per heavy atom. The van der Waals surface area contributed by atoms with Crippen LogP contribution in [-0.2, 0) is 9.59 Å². The molecule has 3 atom stereocenters. The number of rotatable bonds is 6. The second-order valence-corrected chi connectivity index (χ2v) is 7.64. The van der Waals surface area contributed by atoms with Gasteiger partial charge in [0.15, 0.2) is 0 Å². The van der Waals surface area contributed by atoms with Crippen molar-refractivity contribution in [2.45, 2.75) is 58.0 Å². The van der Waals surface area contributed by atoms with Crippen LogP contribution in [-0.4, -0.2) is 57.2 Å². The fourth-order valence-electron chi connectivity index (χ4n) is 4.34. The molecule has 1 saturated heterocycles. The lowest BCUT2D eigenvalue weighted by Crippen LogP contribution is -2.57. The first-order valence-corrected chi connectivity index (χ1v) is 9.86. The Bertz CT molecular complexity index is 771. The smallest absolute Gasteiger partial charge is 0.303 e. The molecule has 150 valence electrons. The highest BCUT2D eigenvalue weighted by molar-refractivity contribution is 6.22. The van der Waals surface area contributed by atoms with E-state index in [9.17, 15) is 24.3 Å². The number of carboxylic acids is 1. The van der Waals surface area contributed by atoms with Gasteiger partial charge in [-0.2, -0.15) is 0 Å². The Labute approximate surface area is 164 Å². The molecule has 0 aromatic heterocycles. The fraction of sp³-hybridized carbons (Fsp3) is 0.524. The van der Waals surface area contributed by atoms with Gasteiger partial charge in [0, 0.05) is 12.6 Å². The summed E-state index contributed by atoms with van der Waals surface area (Å²) in [5.74, 6) is -3.13. The number of carbonyl (C=O) groups is 4. The van der Waals surface area contributed by atoms with Crippen LogP contribution in [0.25, 0.3) is 0 Å². The summed E-state index contributed by atoms with van der Waals surface area (Å²) in [7, 11) is 0. The van der Waals surface area contributed by atoms with Gasteiger partial charge < -0.3 is 10.0 Å². The lowest BCUT2D eigenvalue weighted by atomic mass is 9.92. The highest BCUT2D eigenvalue weighted by atomic mass is 16.4. The van der Waals surface area contributed by atoms with Crippen LogP contribution in [0.2, 0.25) is 0 Å². The molecule has 0 spiro atoms. The van der Waals surface area contributed by atoms with Gasteiger partial charge in [0.2, 0.25) is 5.91 Å².